The second-order valence-electron chi connectivity index (χ2n) is 8.37. The maximum atomic E-state index is 5.59. The maximum absolute atomic E-state index is 5.59. The summed E-state index contributed by atoms with van der Waals surface area (Å²) in [5.74, 6) is 3.40. The molecule has 1 N–H and O–H groups in total. The zero-order chi connectivity index (χ0) is 20.1. The molecule has 2 aromatic rings. The van der Waals surface area contributed by atoms with E-state index in [2.05, 4.69) is 51.5 Å². The highest BCUT2D eigenvalue weighted by molar-refractivity contribution is 6.06. The number of piperidine rings is 1. The number of hydrogen-bond acceptors (Lipinski definition) is 7. The molecule has 2 aromatic carbocycles. The summed E-state index contributed by atoms with van der Waals surface area (Å²) in [5, 5.41) is 3.88. The first-order chi connectivity index (χ1) is 14.8. The van der Waals surface area contributed by atoms with E-state index in [9.17, 15) is 0 Å². The molecule has 1 spiro atoms. The lowest BCUT2D eigenvalue weighted by atomic mass is 9.90. The molecule has 1 fully saturated rings. The Morgan fingerprint density at radius 1 is 1.13 bits per heavy atom. The highest BCUT2D eigenvalue weighted by Crippen LogP contribution is 2.43. The minimum absolute atomic E-state index is 0.0350. The molecule has 4 heterocycles. The Morgan fingerprint density at radius 2 is 2.00 bits per heavy atom. The molecule has 156 valence electrons. The average molecular weight is 406 g/mol. The van der Waals surface area contributed by atoms with Gasteiger partial charge in [0.1, 0.15) is 11.5 Å². The number of hydrogen-bond donors (Lipinski definition) is 1. The normalized spacial score (nSPS) is 21.1. The number of benzene rings is 2. The van der Waals surface area contributed by atoms with Gasteiger partial charge in [-0.15, -0.1) is 0 Å². The first-order valence-corrected chi connectivity index (χ1v) is 10.6. The van der Waals surface area contributed by atoms with Gasteiger partial charge in [0, 0.05) is 50.3 Å². The third-order valence-corrected chi connectivity index (χ3v) is 6.70. The quantitative estimate of drug-likeness (QED) is 0.846. The molecule has 1 saturated heterocycles. The molecule has 0 amide bonds. The van der Waals surface area contributed by atoms with Crippen molar-refractivity contribution < 1.29 is 14.2 Å². The van der Waals surface area contributed by atoms with Gasteiger partial charge in [-0.3, -0.25) is 9.89 Å². The number of rotatable bonds is 3. The summed E-state index contributed by atoms with van der Waals surface area (Å²) < 4.78 is 16.6. The van der Waals surface area contributed by atoms with Crippen LogP contribution in [0, 0.1) is 0 Å². The largest absolute Gasteiger partial charge is 0.493 e. The van der Waals surface area contributed by atoms with Crippen molar-refractivity contribution in [1.29, 1.82) is 0 Å². The Hall–Kier alpha value is -2.93. The predicted molar refractivity (Wildman–Crippen MR) is 115 cm³/mol. The number of ether oxygens (including phenoxy) is 3. The van der Waals surface area contributed by atoms with Crippen molar-refractivity contribution in [3.63, 3.8) is 0 Å². The highest BCUT2D eigenvalue weighted by atomic mass is 16.7. The van der Waals surface area contributed by atoms with Gasteiger partial charge in [-0.05, 0) is 29.8 Å². The first kappa shape index (κ1) is 17.9. The van der Waals surface area contributed by atoms with Gasteiger partial charge in [-0.1, -0.05) is 12.1 Å². The zero-order valence-corrected chi connectivity index (χ0v) is 17.2. The fourth-order valence-electron chi connectivity index (χ4n) is 5.21. The molecule has 7 nitrogen and oxygen atoms in total. The number of likely N-dealkylation sites (tertiary alicyclic amines) is 1. The zero-order valence-electron chi connectivity index (χ0n) is 17.2. The lowest BCUT2D eigenvalue weighted by molar-refractivity contribution is 0.0895. The van der Waals surface area contributed by atoms with Crippen LogP contribution in [0.5, 0.6) is 17.2 Å². The van der Waals surface area contributed by atoms with Crippen LogP contribution >= 0.6 is 0 Å². The molecule has 0 unspecified atom stereocenters. The molecule has 0 radical (unpaired) electrons. The van der Waals surface area contributed by atoms with Gasteiger partial charge in [-0.2, -0.15) is 0 Å². The molecule has 4 aliphatic heterocycles. The average Bonchev–Trinajstić information content (AvgIpc) is 3.45. The number of amidine groups is 1. The van der Waals surface area contributed by atoms with Gasteiger partial charge >= 0.3 is 0 Å². The summed E-state index contributed by atoms with van der Waals surface area (Å²) >= 11 is 0. The first-order valence-electron chi connectivity index (χ1n) is 10.6. The fourth-order valence-corrected chi connectivity index (χ4v) is 5.21. The van der Waals surface area contributed by atoms with E-state index in [0.29, 0.717) is 5.75 Å². The third-order valence-electron chi connectivity index (χ3n) is 6.70. The highest BCUT2D eigenvalue weighted by Gasteiger charge is 2.46. The molecule has 0 saturated carbocycles. The molecule has 30 heavy (non-hydrogen) atoms. The Kier molecular flexibility index (Phi) is 4.06. The summed E-state index contributed by atoms with van der Waals surface area (Å²) in [6.07, 6.45) is 2.12. The summed E-state index contributed by atoms with van der Waals surface area (Å²) in [6, 6.07) is 12.7. The third kappa shape index (κ3) is 2.72. The van der Waals surface area contributed by atoms with E-state index in [1.54, 1.807) is 7.11 Å². The van der Waals surface area contributed by atoms with Crippen LogP contribution in [0.2, 0.25) is 0 Å². The van der Waals surface area contributed by atoms with Gasteiger partial charge < -0.3 is 24.4 Å². The van der Waals surface area contributed by atoms with E-state index >= 15 is 0 Å². The lowest BCUT2D eigenvalue weighted by Crippen LogP contribution is -2.63. The van der Waals surface area contributed by atoms with Crippen molar-refractivity contribution >= 4 is 11.5 Å². The van der Waals surface area contributed by atoms with Crippen LogP contribution in [-0.4, -0.2) is 61.4 Å². The number of fused-ring (bicyclic) bond motifs is 5. The van der Waals surface area contributed by atoms with Crippen LogP contribution in [0.1, 0.15) is 24.0 Å². The second-order valence-corrected chi connectivity index (χ2v) is 8.37. The van der Waals surface area contributed by atoms with Crippen molar-refractivity contribution in [2.45, 2.75) is 25.0 Å². The molecule has 0 aliphatic carbocycles. The Morgan fingerprint density at radius 3 is 2.87 bits per heavy atom. The van der Waals surface area contributed by atoms with Crippen molar-refractivity contribution in [1.82, 2.24) is 9.80 Å². The van der Waals surface area contributed by atoms with E-state index in [4.69, 9.17) is 19.2 Å². The predicted octanol–water partition coefficient (Wildman–Crippen LogP) is 2.90. The summed E-state index contributed by atoms with van der Waals surface area (Å²) in [4.78, 5) is 9.86. The van der Waals surface area contributed by atoms with Crippen LogP contribution < -0.4 is 19.5 Å². The Bertz CT molecular complexity index is 1010. The van der Waals surface area contributed by atoms with Crippen LogP contribution in [-0.2, 0) is 6.54 Å². The standard InChI is InChI=1S/C23H26N4O3/c1-28-19-12-16(13-20-21(19)30-15-29-20)14-26-9-6-23(7-10-26)25-18-5-3-2-4-17(18)22-24-8-11-27(22)23/h2-5,12-13,25H,6-11,14-15H2,1H3. The minimum Gasteiger partial charge on any atom is -0.493 e. The molecule has 0 aromatic heterocycles. The van der Waals surface area contributed by atoms with E-state index in [-0.39, 0.29) is 12.5 Å². The number of anilines is 1. The van der Waals surface area contributed by atoms with Gasteiger partial charge in [-0.25, -0.2) is 0 Å². The van der Waals surface area contributed by atoms with E-state index in [0.717, 1.165) is 57.1 Å². The van der Waals surface area contributed by atoms with Crippen molar-refractivity contribution in [3.8, 4) is 17.2 Å². The topological polar surface area (TPSA) is 58.6 Å². The molecular formula is C23H26N4O3. The SMILES string of the molecule is COc1cc(CN2CCC3(CC2)Nc2ccccc2C2=NCCN23)cc2c1OCO2. The fraction of sp³-hybridized carbons (Fsp3) is 0.435. The maximum Gasteiger partial charge on any atom is 0.231 e. The van der Waals surface area contributed by atoms with Gasteiger partial charge in [0.25, 0.3) is 0 Å². The van der Waals surface area contributed by atoms with Gasteiger partial charge in [0.15, 0.2) is 11.5 Å². The second kappa shape index (κ2) is 6.80. The summed E-state index contributed by atoms with van der Waals surface area (Å²) in [7, 11) is 1.67. The minimum atomic E-state index is -0.0350. The monoisotopic (exact) mass is 406 g/mol. The molecular weight excluding hydrogens is 380 g/mol. The number of nitrogens with one attached hydrogen (secondary N) is 1. The molecule has 0 bridgehead atoms. The van der Waals surface area contributed by atoms with Crippen molar-refractivity contribution in [3.05, 3.63) is 47.5 Å². The van der Waals surface area contributed by atoms with E-state index in [1.807, 2.05) is 0 Å². The molecule has 7 heteroatoms. The van der Waals surface area contributed by atoms with E-state index in [1.165, 1.54) is 22.6 Å². The van der Waals surface area contributed by atoms with Crippen LogP contribution in [0.3, 0.4) is 0 Å². The molecule has 4 aliphatic rings. The van der Waals surface area contributed by atoms with Crippen molar-refractivity contribution in [2.75, 3.05) is 45.4 Å². The molecule has 6 rings (SSSR count). The smallest absolute Gasteiger partial charge is 0.231 e. The van der Waals surface area contributed by atoms with Gasteiger partial charge in [0.2, 0.25) is 12.5 Å². The van der Waals surface area contributed by atoms with Gasteiger partial charge in [0.05, 0.1) is 13.7 Å². The van der Waals surface area contributed by atoms with Crippen LogP contribution in [0.15, 0.2) is 41.4 Å². The number of para-hydroxylation sites is 1. The Labute approximate surface area is 176 Å². The van der Waals surface area contributed by atoms with E-state index < -0.39 is 0 Å². The van der Waals surface area contributed by atoms with Crippen molar-refractivity contribution in [2.24, 2.45) is 4.99 Å². The Balaban J connectivity index is 1.20. The number of nitrogens with zero attached hydrogens (tertiary/aromatic N) is 3. The lowest BCUT2D eigenvalue weighted by Gasteiger charge is -2.52. The molecule has 0 atom stereocenters. The number of methoxy groups -OCH3 is 1. The summed E-state index contributed by atoms with van der Waals surface area (Å²) in [5.41, 5.74) is 3.60. The number of aliphatic imine (C=N–C) groups is 1. The summed E-state index contributed by atoms with van der Waals surface area (Å²) in [6.45, 7) is 5.06. The van der Waals surface area contributed by atoms with Crippen LogP contribution in [0.25, 0.3) is 0 Å². The van der Waals surface area contributed by atoms with Crippen LogP contribution in [0.4, 0.5) is 5.69 Å².